The summed E-state index contributed by atoms with van der Waals surface area (Å²) in [5, 5.41) is 2.81. The number of ether oxygens (including phenoxy) is 1. The van der Waals surface area contributed by atoms with Crippen molar-refractivity contribution < 1.29 is 28.9 Å². The van der Waals surface area contributed by atoms with Gasteiger partial charge in [-0.15, -0.1) is 0 Å². The summed E-state index contributed by atoms with van der Waals surface area (Å²) in [6.45, 7) is 0. The fourth-order valence-electron chi connectivity index (χ4n) is 11.2. The minimum atomic E-state index is -0.892. The summed E-state index contributed by atoms with van der Waals surface area (Å²) in [7, 11) is 2.71. The maximum absolute atomic E-state index is 14.7. The Kier molecular flexibility index (Phi) is 12.3. The number of hydrogen-bond acceptors (Lipinski definition) is 10. The zero-order valence-electron chi connectivity index (χ0n) is 37.2. The highest BCUT2D eigenvalue weighted by Crippen LogP contribution is 2.49. The lowest BCUT2D eigenvalue weighted by Gasteiger charge is -2.36. The molecule has 15 nitrogen and oxygen atoms in total. The van der Waals surface area contributed by atoms with E-state index >= 15 is 0 Å². The molecular formula is C51H55N9O6. The van der Waals surface area contributed by atoms with Gasteiger partial charge >= 0.3 is 6.09 Å². The highest BCUT2D eigenvalue weighted by atomic mass is 17.2. The number of carbonyl (C=O) groups excluding carboxylic acids is 3. The summed E-state index contributed by atoms with van der Waals surface area (Å²) in [5.74, 6) is 1.93. The number of benzene rings is 3. The van der Waals surface area contributed by atoms with E-state index in [1.54, 1.807) is 0 Å². The topological polar surface area (TPSA) is 180 Å². The first-order valence-electron chi connectivity index (χ1n) is 23.2. The number of aromatic nitrogens is 5. The lowest BCUT2D eigenvalue weighted by molar-refractivity contribution is -0.188. The minimum Gasteiger partial charge on any atom is -0.453 e. The van der Waals surface area contributed by atoms with E-state index in [1.807, 2.05) is 88.9 Å². The number of alkyl carbamates (subject to hydrolysis) is 1. The van der Waals surface area contributed by atoms with E-state index < -0.39 is 18.2 Å². The number of hydrogen-bond donors (Lipinski definition) is 3. The zero-order chi connectivity index (χ0) is 45.1. The molecule has 4 aliphatic rings. The van der Waals surface area contributed by atoms with Gasteiger partial charge in [0.1, 0.15) is 23.2 Å². The molecule has 3 aromatic carbocycles. The van der Waals surface area contributed by atoms with E-state index in [4.69, 9.17) is 29.5 Å². The molecule has 3 amide bonds. The van der Waals surface area contributed by atoms with Crippen molar-refractivity contribution in [3.63, 3.8) is 0 Å². The van der Waals surface area contributed by atoms with Crippen molar-refractivity contribution in [2.45, 2.75) is 100 Å². The Morgan fingerprint density at radius 2 is 1.33 bits per heavy atom. The number of aromatic amines is 2. The molecule has 2 aliphatic heterocycles. The summed E-state index contributed by atoms with van der Waals surface area (Å²) in [6.07, 6.45) is 14.2. The van der Waals surface area contributed by atoms with Crippen LogP contribution in [0.25, 0.3) is 33.5 Å². The molecule has 5 heterocycles. The molecule has 4 fully saturated rings. The van der Waals surface area contributed by atoms with E-state index in [0.717, 1.165) is 109 Å². The van der Waals surface area contributed by atoms with Crippen LogP contribution in [0.4, 0.5) is 4.79 Å². The first-order chi connectivity index (χ1) is 32.4. The van der Waals surface area contributed by atoms with Gasteiger partial charge in [-0.3, -0.25) is 9.59 Å². The summed E-state index contributed by atoms with van der Waals surface area (Å²) in [4.78, 5) is 82.0. The number of H-pyrrole nitrogens is 2. The molecule has 2 saturated carbocycles. The third-order valence-corrected chi connectivity index (χ3v) is 14.3. The number of aliphatic imine (C=N–C) groups is 1. The Morgan fingerprint density at radius 3 is 2.00 bits per heavy atom. The van der Waals surface area contributed by atoms with Crippen LogP contribution in [0, 0.1) is 11.8 Å². The molecule has 66 heavy (non-hydrogen) atoms. The van der Waals surface area contributed by atoms with Gasteiger partial charge in [0.15, 0.2) is 11.7 Å². The number of imidazole rings is 2. The van der Waals surface area contributed by atoms with Crippen LogP contribution in [0.2, 0.25) is 0 Å². The van der Waals surface area contributed by atoms with Crippen molar-refractivity contribution in [3.8, 4) is 22.4 Å². The molecule has 2 aliphatic carbocycles. The van der Waals surface area contributed by atoms with Gasteiger partial charge in [-0.1, -0.05) is 111 Å². The number of pyridine rings is 1. The van der Waals surface area contributed by atoms with Gasteiger partial charge in [0, 0.05) is 23.8 Å². The largest absolute Gasteiger partial charge is 0.453 e. The molecule has 340 valence electrons. The fraction of sp³-hybridized carbons (Fsp3) is 0.392. The van der Waals surface area contributed by atoms with E-state index in [0.29, 0.717) is 23.0 Å². The summed E-state index contributed by atoms with van der Waals surface area (Å²) in [5.41, 5.74) is 6.56. The van der Waals surface area contributed by atoms with Crippen LogP contribution in [0.1, 0.15) is 111 Å². The molecular weight excluding hydrogens is 835 g/mol. The highest BCUT2D eigenvalue weighted by molar-refractivity contribution is 5.88. The second-order valence-electron chi connectivity index (χ2n) is 18.0. The molecule has 3 N–H and O–H groups in total. The zero-order valence-corrected chi connectivity index (χ0v) is 37.2. The average molecular weight is 890 g/mol. The van der Waals surface area contributed by atoms with Gasteiger partial charge in [-0.25, -0.2) is 24.7 Å². The number of amides is 3. The van der Waals surface area contributed by atoms with Crippen molar-refractivity contribution in [3.05, 3.63) is 126 Å². The van der Waals surface area contributed by atoms with Crippen LogP contribution in [0.3, 0.4) is 0 Å². The van der Waals surface area contributed by atoms with Crippen LogP contribution >= 0.6 is 0 Å². The minimum absolute atomic E-state index is 0.0589. The van der Waals surface area contributed by atoms with Crippen LogP contribution in [0.5, 0.6) is 0 Å². The predicted molar refractivity (Wildman–Crippen MR) is 247 cm³/mol. The molecule has 0 unspecified atom stereocenters. The van der Waals surface area contributed by atoms with Gasteiger partial charge in [0.2, 0.25) is 6.40 Å². The standard InChI is InChI=1S/C51H55N9O6/c1-64-51(63)57-45(34-15-7-4-8-16-34)50(62)59-40-19-11-9-17-35(40)26-42(59)47-53-29-39(56-47)32-23-21-31(22-24-32)37-25-38-46(52-28-37)58-48(55-38)43-27-36-18-10-12-20-41(36)60(43)49(61)44(54-30-66-65-2)33-13-5-3-6-14-33/h3-8,13-16,21-25,28-30,35-36,40-45H,9-12,17-20,26-27H2,1-2H3,(H,53,56)(H,57,63)(H,52,55,58)/b54-30-/t35-,36-,40-,41-,42+,43+,44-,45-/m1/s1. The van der Waals surface area contributed by atoms with Gasteiger partial charge in [-0.05, 0) is 78.7 Å². The second kappa shape index (κ2) is 18.9. The summed E-state index contributed by atoms with van der Waals surface area (Å²) < 4.78 is 4.95. The number of methoxy groups -OCH3 is 1. The Labute approximate surface area is 383 Å². The number of rotatable bonds is 12. The SMILES string of the molecule is COO/C=N\[C@@H](C(=O)N1[C@@H]2CCCC[C@@H]2C[C@H]1c1nc2cc(-c3ccc(-c4cnc([C@@H]5C[C@H]6CCCC[C@H]6N5C(=O)[C@H](NC(=O)OC)c5ccccc5)[nH]4)cc3)cnc2[nH]1)c1ccccc1. The van der Waals surface area contributed by atoms with E-state index in [1.165, 1.54) is 20.6 Å². The Balaban J connectivity index is 0.891. The molecule has 8 atom stereocenters. The first kappa shape index (κ1) is 43.0. The smallest absolute Gasteiger partial charge is 0.407 e. The van der Waals surface area contributed by atoms with Crippen molar-refractivity contribution in [1.82, 2.24) is 40.0 Å². The number of carbonyl (C=O) groups is 3. The van der Waals surface area contributed by atoms with Crippen molar-refractivity contribution >= 4 is 35.5 Å². The van der Waals surface area contributed by atoms with Gasteiger partial charge < -0.3 is 34.7 Å². The van der Waals surface area contributed by atoms with E-state index in [2.05, 4.69) is 44.5 Å². The average Bonchev–Trinajstić information content (AvgIpc) is 4.18. The quantitative estimate of drug-likeness (QED) is 0.0468. The number of nitrogens with one attached hydrogen (secondary N) is 3. The first-order valence-corrected chi connectivity index (χ1v) is 23.2. The maximum Gasteiger partial charge on any atom is 0.407 e. The Bertz CT molecular complexity index is 2690. The third-order valence-electron chi connectivity index (χ3n) is 14.3. The Hall–Kier alpha value is -6.87. The highest BCUT2D eigenvalue weighted by Gasteiger charge is 2.49. The van der Waals surface area contributed by atoms with E-state index in [-0.39, 0.29) is 36.0 Å². The van der Waals surface area contributed by atoms with Crippen molar-refractivity contribution in [2.24, 2.45) is 16.8 Å². The molecule has 15 heteroatoms. The maximum atomic E-state index is 14.7. The van der Waals surface area contributed by atoms with E-state index in [9.17, 15) is 14.4 Å². The van der Waals surface area contributed by atoms with Gasteiger partial charge in [-0.2, -0.15) is 4.89 Å². The molecule has 10 rings (SSSR count). The summed E-state index contributed by atoms with van der Waals surface area (Å²) in [6, 6.07) is 27.1. The molecule has 0 bridgehead atoms. The van der Waals surface area contributed by atoms with Crippen LogP contribution in [0.15, 0.2) is 108 Å². The Morgan fingerprint density at radius 1 is 0.712 bits per heavy atom. The number of likely N-dealkylation sites (tertiary alicyclic amines) is 2. The van der Waals surface area contributed by atoms with Crippen molar-refractivity contribution in [2.75, 3.05) is 14.2 Å². The van der Waals surface area contributed by atoms with Crippen LogP contribution in [-0.2, 0) is 24.1 Å². The lowest BCUT2D eigenvalue weighted by Crippen LogP contribution is -2.47. The van der Waals surface area contributed by atoms with Crippen LogP contribution < -0.4 is 5.32 Å². The molecule has 0 spiro atoms. The lowest BCUT2D eigenvalue weighted by atomic mass is 9.84. The second-order valence-corrected chi connectivity index (χ2v) is 18.0. The van der Waals surface area contributed by atoms with Crippen LogP contribution in [-0.4, -0.2) is 85.3 Å². The third kappa shape index (κ3) is 8.43. The predicted octanol–water partition coefficient (Wildman–Crippen LogP) is 9.12. The van der Waals surface area contributed by atoms with Crippen molar-refractivity contribution in [1.29, 1.82) is 0 Å². The normalized spacial score (nSPS) is 23.6. The molecule has 6 aromatic rings. The monoisotopic (exact) mass is 889 g/mol. The molecule has 3 aromatic heterocycles. The van der Waals surface area contributed by atoms with Gasteiger partial charge in [0.25, 0.3) is 11.8 Å². The fourth-order valence-corrected chi connectivity index (χ4v) is 11.2. The van der Waals surface area contributed by atoms with Gasteiger partial charge in [0.05, 0.1) is 38.2 Å². The summed E-state index contributed by atoms with van der Waals surface area (Å²) >= 11 is 0. The molecule has 0 radical (unpaired) electrons. The number of fused-ring (bicyclic) bond motifs is 3. The number of nitrogens with zero attached hydrogens (tertiary/aromatic N) is 6. The molecule has 2 saturated heterocycles.